The summed E-state index contributed by atoms with van der Waals surface area (Å²) in [5.74, 6) is -0.402. The lowest BCUT2D eigenvalue weighted by Gasteiger charge is -2.24. The number of carbonyl (C=O) groups excluding carboxylic acids is 1. The average Bonchev–Trinajstić information content (AvgIpc) is 2.64. The van der Waals surface area contributed by atoms with E-state index in [-0.39, 0.29) is 32.5 Å². The fourth-order valence-electron chi connectivity index (χ4n) is 1.61. The minimum atomic E-state index is -3.78. The van der Waals surface area contributed by atoms with Crippen molar-refractivity contribution >= 4 is 15.0 Å². The SMILES string of the molecule is C=C(C)C(=O)OC(CC)CCCO[Si](OOCC)(OOCC)OOCC. The smallest absolute Gasteiger partial charge is 0.459 e. The second kappa shape index (κ2) is 15.2. The summed E-state index contributed by atoms with van der Waals surface area (Å²) in [6.45, 7) is 13.3. The van der Waals surface area contributed by atoms with Crippen molar-refractivity contribution < 1.29 is 42.4 Å². The Morgan fingerprint density at radius 1 is 0.962 bits per heavy atom. The molecular formula is C16H32O9Si. The predicted octanol–water partition coefficient (Wildman–Crippen LogP) is 3.02. The molecule has 0 saturated heterocycles. The van der Waals surface area contributed by atoms with Crippen LogP contribution in [0.1, 0.15) is 53.9 Å². The maximum absolute atomic E-state index is 11.6. The maximum Gasteiger partial charge on any atom is 0.764 e. The number of carbonyl (C=O) groups is 1. The predicted molar refractivity (Wildman–Crippen MR) is 94.1 cm³/mol. The van der Waals surface area contributed by atoms with E-state index < -0.39 is 15.0 Å². The highest BCUT2D eigenvalue weighted by molar-refractivity contribution is 6.52. The molecule has 0 aliphatic heterocycles. The number of ether oxygens (including phenoxy) is 1. The van der Waals surface area contributed by atoms with Crippen LogP contribution in [0, 0.1) is 0 Å². The molecule has 0 radical (unpaired) electrons. The highest BCUT2D eigenvalue weighted by Gasteiger charge is 2.52. The Morgan fingerprint density at radius 3 is 1.85 bits per heavy atom. The summed E-state index contributed by atoms with van der Waals surface area (Å²) < 4.78 is 26.4. The zero-order valence-corrected chi connectivity index (χ0v) is 17.4. The van der Waals surface area contributed by atoms with Crippen molar-refractivity contribution in [1.29, 1.82) is 0 Å². The van der Waals surface area contributed by atoms with Gasteiger partial charge in [-0.3, -0.25) is 0 Å². The zero-order valence-electron chi connectivity index (χ0n) is 16.4. The van der Waals surface area contributed by atoms with Gasteiger partial charge in [0.15, 0.2) is 0 Å². The molecule has 0 heterocycles. The Balaban J connectivity index is 4.58. The standard InChI is InChI=1S/C16H32O9Si/c1-7-15(22-16(17)14(5)6)12-11-13-21-26(23-18-8-2,24-19-9-3)25-20-10-4/h15H,5,7-13H2,1-4,6H3. The zero-order chi connectivity index (χ0) is 19.8. The van der Waals surface area contributed by atoms with E-state index in [1.165, 1.54) is 0 Å². The Labute approximate surface area is 156 Å². The van der Waals surface area contributed by atoms with Crippen molar-refractivity contribution in [1.82, 2.24) is 0 Å². The molecule has 0 aliphatic rings. The van der Waals surface area contributed by atoms with Crippen LogP contribution in [0.2, 0.25) is 0 Å². The van der Waals surface area contributed by atoms with E-state index in [0.29, 0.717) is 24.8 Å². The van der Waals surface area contributed by atoms with Gasteiger partial charge in [-0.1, -0.05) is 13.5 Å². The summed E-state index contributed by atoms with van der Waals surface area (Å²) in [4.78, 5) is 26.4. The lowest BCUT2D eigenvalue weighted by Crippen LogP contribution is -2.49. The third-order valence-electron chi connectivity index (χ3n) is 2.86. The van der Waals surface area contributed by atoms with Crippen molar-refractivity contribution in [2.24, 2.45) is 0 Å². The van der Waals surface area contributed by atoms with Gasteiger partial charge < -0.3 is 9.16 Å². The molecule has 0 amide bonds. The van der Waals surface area contributed by atoms with E-state index in [2.05, 4.69) is 6.58 Å². The Morgan fingerprint density at radius 2 is 1.46 bits per heavy atom. The summed E-state index contributed by atoms with van der Waals surface area (Å²) in [6.07, 6.45) is 1.61. The number of hydrogen-bond acceptors (Lipinski definition) is 9. The van der Waals surface area contributed by atoms with Gasteiger partial charge in [0.25, 0.3) is 0 Å². The number of esters is 1. The fraction of sp³-hybridized carbons (Fsp3) is 0.812. The molecule has 1 atom stereocenters. The maximum atomic E-state index is 11.6. The summed E-state index contributed by atoms with van der Waals surface area (Å²) in [7, 11) is -3.78. The molecule has 26 heavy (non-hydrogen) atoms. The lowest BCUT2D eigenvalue weighted by molar-refractivity contribution is -0.385. The van der Waals surface area contributed by atoms with Gasteiger partial charge in [-0.25, -0.2) is 19.5 Å². The van der Waals surface area contributed by atoms with Crippen LogP contribution >= 0.6 is 0 Å². The summed E-state index contributed by atoms with van der Waals surface area (Å²) in [5.41, 5.74) is 0.367. The van der Waals surface area contributed by atoms with Crippen LogP contribution in [0.3, 0.4) is 0 Å². The first-order valence-corrected chi connectivity index (χ1v) is 10.5. The molecule has 0 aliphatic carbocycles. The highest BCUT2D eigenvalue weighted by Crippen LogP contribution is 2.16. The molecule has 0 saturated carbocycles. The molecule has 0 fully saturated rings. The van der Waals surface area contributed by atoms with Crippen LogP contribution in [-0.4, -0.2) is 47.5 Å². The van der Waals surface area contributed by atoms with Crippen molar-refractivity contribution in [3.8, 4) is 0 Å². The van der Waals surface area contributed by atoms with Gasteiger partial charge in [-0.05, 0) is 47.0 Å². The topological polar surface area (TPSA) is 90.9 Å². The van der Waals surface area contributed by atoms with Crippen LogP contribution < -0.4 is 0 Å². The Hall–Kier alpha value is -0.853. The van der Waals surface area contributed by atoms with Gasteiger partial charge in [0.1, 0.15) is 6.10 Å². The van der Waals surface area contributed by atoms with Crippen LogP contribution in [0.25, 0.3) is 0 Å². The molecular weight excluding hydrogens is 364 g/mol. The van der Waals surface area contributed by atoms with E-state index in [9.17, 15) is 4.79 Å². The molecule has 154 valence electrons. The molecule has 0 spiro atoms. The molecule has 1 unspecified atom stereocenters. The molecule has 10 heteroatoms. The average molecular weight is 397 g/mol. The minimum absolute atomic E-state index is 0.209. The van der Waals surface area contributed by atoms with Crippen molar-refractivity contribution in [2.75, 3.05) is 26.4 Å². The molecule has 0 bridgehead atoms. The fourth-order valence-corrected chi connectivity index (χ4v) is 3.02. The van der Waals surface area contributed by atoms with E-state index in [1.807, 2.05) is 6.92 Å². The minimum Gasteiger partial charge on any atom is -0.459 e. The molecule has 0 rings (SSSR count). The highest BCUT2D eigenvalue weighted by atomic mass is 28.4. The lowest BCUT2D eigenvalue weighted by atomic mass is 10.1. The Bertz CT molecular complexity index is 370. The normalized spacial score (nSPS) is 12.8. The summed E-state index contributed by atoms with van der Waals surface area (Å²) >= 11 is 0. The first-order valence-electron chi connectivity index (χ1n) is 8.86. The number of rotatable bonds is 17. The van der Waals surface area contributed by atoms with E-state index in [4.69, 9.17) is 37.6 Å². The van der Waals surface area contributed by atoms with Crippen molar-refractivity contribution in [3.63, 3.8) is 0 Å². The first-order chi connectivity index (χ1) is 12.4. The second-order valence-electron chi connectivity index (χ2n) is 5.18. The second-order valence-corrected chi connectivity index (χ2v) is 6.96. The molecule has 9 nitrogen and oxygen atoms in total. The van der Waals surface area contributed by atoms with Gasteiger partial charge in [0.05, 0.1) is 19.8 Å². The van der Waals surface area contributed by atoms with Gasteiger partial charge >= 0.3 is 15.0 Å². The van der Waals surface area contributed by atoms with E-state index in [1.54, 1.807) is 27.7 Å². The van der Waals surface area contributed by atoms with Crippen LogP contribution in [0.5, 0.6) is 0 Å². The van der Waals surface area contributed by atoms with Crippen molar-refractivity contribution in [3.05, 3.63) is 12.2 Å². The first kappa shape index (κ1) is 25.1. The molecule has 0 aromatic rings. The van der Waals surface area contributed by atoms with E-state index in [0.717, 1.165) is 0 Å². The van der Waals surface area contributed by atoms with Crippen LogP contribution in [0.4, 0.5) is 0 Å². The molecule has 0 N–H and O–H groups in total. The van der Waals surface area contributed by atoms with E-state index >= 15 is 0 Å². The largest absolute Gasteiger partial charge is 0.764 e. The quantitative estimate of drug-likeness (QED) is 0.0918. The molecule has 0 aromatic carbocycles. The van der Waals surface area contributed by atoms with Crippen molar-refractivity contribution in [2.45, 2.75) is 60.0 Å². The molecule has 0 aromatic heterocycles. The summed E-state index contributed by atoms with van der Waals surface area (Å²) in [5, 5.41) is 0. The third-order valence-corrected chi connectivity index (χ3v) is 4.39. The third kappa shape index (κ3) is 11.0. The number of hydrogen-bond donors (Lipinski definition) is 0. The van der Waals surface area contributed by atoms with Gasteiger partial charge in [-0.2, -0.15) is 13.7 Å². The van der Waals surface area contributed by atoms with Crippen LogP contribution in [-0.2, 0) is 42.4 Å². The van der Waals surface area contributed by atoms with Gasteiger partial charge in [-0.15, -0.1) is 0 Å². The van der Waals surface area contributed by atoms with Gasteiger partial charge in [0.2, 0.25) is 0 Å². The summed E-state index contributed by atoms with van der Waals surface area (Å²) in [6, 6.07) is 0. The van der Waals surface area contributed by atoms with Crippen LogP contribution in [0.15, 0.2) is 12.2 Å². The van der Waals surface area contributed by atoms with Gasteiger partial charge in [0, 0.05) is 12.2 Å². The Kier molecular flexibility index (Phi) is 14.7. The monoisotopic (exact) mass is 396 g/mol.